The van der Waals surface area contributed by atoms with Gasteiger partial charge in [0.25, 0.3) is 0 Å². The fourth-order valence-electron chi connectivity index (χ4n) is 4.29. The smallest absolute Gasteiger partial charge is 0.247 e. The first-order valence-electron chi connectivity index (χ1n) is 11.6. The average molecular weight is 495 g/mol. The predicted molar refractivity (Wildman–Crippen MR) is 136 cm³/mol. The summed E-state index contributed by atoms with van der Waals surface area (Å²) in [5, 5.41) is 9.43. The topological polar surface area (TPSA) is 86.7 Å². The van der Waals surface area contributed by atoms with Gasteiger partial charge in [-0.3, -0.25) is 9.69 Å². The molecule has 9 heteroatoms. The third-order valence-electron chi connectivity index (χ3n) is 5.80. The molecule has 1 aliphatic rings. The molecule has 0 saturated heterocycles. The van der Waals surface area contributed by atoms with Crippen molar-refractivity contribution in [1.82, 2.24) is 15.2 Å². The van der Waals surface area contributed by atoms with Crippen molar-refractivity contribution in [3.05, 3.63) is 47.0 Å². The van der Waals surface area contributed by atoms with Gasteiger partial charge in [0.2, 0.25) is 23.2 Å². The highest BCUT2D eigenvalue weighted by atomic mass is 32.2. The summed E-state index contributed by atoms with van der Waals surface area (Å²) in [7, 11) is 3.14. The van der Waals surface area contributed by atoms with Crippen LogP contribution in [0, 0.1) is 13.8 Å². The van der Waals surface area contributed by atoms with E-state index < -0.39 is 6.23 Å². The van der Waals surface area contributed by atoms with Gasteiger partial charge in [0.1, 0.15) is 0 Å². The Morgan fingerprint density at radius 3 is 2.66 bits per heavy atom. The molecule has 35 heavy (non-hydrogen) atoms. The van der Waals surface area contributed by atoms with Crippen LogP contribution in [-0.2, 0) is 4.79 Å². The standard InChI is InChI=1S/C26H30N4O4S/c1-7-8-12-35-26-27-24-21(28-29-26)19-14-15(2)13-16(3)22(19)30(17(4)31)25(34-24)18-10-9-11-20(32-5)23(18)33-6/h9-11,13-14,25H,7-8,12H2,1-6H3/t25-/m1/s1. The Morgan fingerprint density at radius 1 is 1.17 bits per heavy atom. The molecule has 1 amide bonds. The van der Waals surface area contributed by atoms with Gasteiger partial charge in [-0.15, -0.1) is 10.2 Å². The number of fused-ring (bicyclic) bond motifs is 3. The first kappa shape index (κ1) is 24.8. The highest BCUT2D eigenvalue weighted by molar-refractivity contribution is 7.99. The lowest BCUT2D eigenvalue weighted by molar-refractivity contribution is -0.118. The van der Waals surface area contributed by atoms with Gasteiger partial charge in [-0.2, -0.15) is 4.98 Å². The Hall–Kier alpha value is -3.33. The molecule has 0 unspecified atom stereocenters. The number of carbonyl (C=O) groups is 1. The van der Waals surface area contributed by atoms with Crippen molar-refractivity contribution in [3.63, 3.8) is 0 Å². The molecule has 1 aliphatic heterocycles. The van der Waals surface area contributed by atoms with Crippen LogP contribution in [-0.4, -0.2) is 41.1 Å². The lowest BCUT2D eigenvalue weighted by Crippen LogP contribution is -2.36. The van der Waals surface area contributed by atoms with E-state index in [2.05, 4.69) is 17.1 Å². The molecule has 1 atom stereocenters. The van der Waals surface area contributed by atoms with E-state index in [0.29, 0.717) is 39.5 Å². The zero-order valence-corrected chi connectivity index (χ0v) is 21.7. The Bertz CT molecular complexity index is 1250. The number of hydrogen-bond acceptors (Lipinski definition) is 8. The maximum atomic E-state index is 13.2. The normalized spacial score (nSPS) is 14.5. The number of unbranched alkanes of at least 4 members (excludes halogenated alkanes) is 1. The molecule has 3 aromatic rings. The van der Waals surface area contributed by atoms with Gasteiger partial charge in [0.05, 0.1) is 25.5 Å². The highest BCUT2D eigenvalue weighted by Gasteiger charge is 2.37. The summed E-state index contributed by atoms with van der Waals surface area (Å²) in [5.74, 6) is 2.05. The average Bonchev–Trinajstić information content (AvgIpc) is 2.98. The predicted octanol–water partition coefficient (Wildman–Crippen LogP) is 5.51. The minimum atomic E-state index is -0.857. The van der Waals surface area contributed by atoms with E-state index in [1.165, 1.54) is 6.92 Å². The molecule has 0 spiro atoms. The van der Waals surface area contributed by atoms with Crippen LogP contribution in [0.3, 0.4) is 0 Å². The summed E-state index contributed by atoms with van der Waals surface area (Å²) in [5.41, 5.74) is 4.56. The molecule has 2 aromatic carbocycles. The van der Waals surface area contributed by atoms with Crippen LogP contribution in [0.2, 0.25) is 0 Å². The summed E-state index contributed by atoms with van der Waals surface area (Å²) in [6.45, 7) is 7.65. The number of aromatic nitrogens is 3. The first-order valence-corrected chi connectivity index (χ1v) is 12.5. The summed E-state index contributed by atoms with van der Waals surface area (Å²) in [6.07, 6.45) is 1.28. The Morgan fingerprint density at radius 2 is 1.97 bits per heavy atom. The van der Waals surface area contributed by atoms with Crippen molar-refractivity contribution in [1.29, 1.82) is 0 Å². The summed E-state index contributed by atoms with van der Waals surface area (Å²) < 4.78 is 17.8. The van der Waals surface area contributed by atoms with Gasteiger partial charge in [-0.05, 0) is 44.0 Å². The molecule has 8 nitrogen and oxygen atoms in total. The van der Waals surface area contributed by atoms with Gasteiger partial charge in [-0.25, -0.2) is 0 Å². The van der Waals surface area contributed by atoms with Crippen LogP contribution in [0.5, 0.6) is 17.4 Å². The van der Waals surface area contributed by atoms with Crippen molar-refractivity contribution in [2.45, 2.75) is 51.9 Å². The first-order chi connectivity index (χ1) is 16.9. The second kappa shape index (κ2) is 10.5. The van der Waals surface area contributed by atoms with Crippen LogP contribution in [0.1, 0.15) is 49.6 Å². The maximum absolute atomic E-state index is 13.2. The van der Waals surface area contributed by atoms with E-state index in [4.69, 9.17) is 19.2 Å². The lowest BCUT2D eigenvalue weighted by Gasteiger charge is -2.32. The van der Waals surface area contributed by atoms with Crippen LogP contribution >= 0.6 is 11.8 Å². The number of benzene rings is 2. The summed E-state index contributed by atoms with van der Waals surface area (Å²) in [6, 6.07) is 9.54. The molecule has 184 valence electrons. The number of anilines is 1. The monoisotopic (exact) mass is 494 g/mol. The second-order valence-corrected chi connectivity index (χ2v) is 9.43. The van der Waals surface area contributed by atoms with Gasteiger partial charge < -0.3 is 14.2 Å². The molecular weight excluding hydrogens is 464 g/mol. The minimum Gasteiger partial charge on any atom is -0.493 e. The molecule has 4 rings (SSSR count). The lowest BCUT2D eigenvalue weighted by atomic mass is 10.00. The number of carbonyl (C=O) groups excluding carboxylic acids is 1. The third kappa shape index (κ3) is 4.77. The number of rotatable bonds is 7. The van der Waals surface area contributed by atoms with Crippen molar-refractivity contribution in [2.24, 2.45) is 0 Å². The Balaban J connectivity index is 1.97. The maximum Gasteiger partial charge on any atom is 0.247 e. The minimum absolute atomic E-state index is 0.189. The van der Waals surface area contributed by atoms with E-state index in [9.17, 15) is 4.79 Å². The van der Waals surface area contributed by atoms with Gasteiger partial charge in [0, 0.05) is 18.2 Å². The number of nitrogens with zero attached hydrogens (tertiary/aromatic N) is 4. The van der Waals surface area contributed by atoms with Crippen LogP contribution in [0.15, 0.2) is 35.5 Å². The van der Waals surface area contributed by atoms with Crippen LogP contribution < -0.4 is 19.1 Å². The van der Waals surface area contributed by atoms with Crippen molar-refractivity contribution < 1.29 is 19.0 Å². The fraction of sp³-hybridized carbons (Fsp3) is 0.385. The Labute approximate surface area is 210 Å². The Kier molecular flexibility index (Phi) is 7.45. The number of aryl methyl sites for hydroxylation is 2. The number of ether oxygens (including phenoxy) is 3. The zero-order valence-electron chi connectivity index (χ0n) is 20.9. The second-order valence-electron chi connectivity index (χ2n) is 8.37. The third-order valence-corrected chi connectivity index (χ3v) is 6.73. The number of amides is 1. The highest BCUT2D eigenvalue weighted by Crippen LogP contribution is 2.48. The van der Waals surface area contributed by atoms with Crippen LogP contribution in [0.4, 0.5) is 5.69 Å². The number of methoxy groups -OCH3 is 2. The zero-order chi connectivity index (χ0) is 25.1. The number of para-hydroxylation sites is 1. The molecule has 0 N–H and O–H groups in total. The van der Waals surface area contributed by atoms with E-state index >= 15 is 0 Å². The quantitative estimate of drug-likeness (QED) is 0.314. The molecule has 1 aromatic heterocycles. The molecule has 0 bridgehead atoms. The molecule has 0 aliphatic carbocycles. The summed E-state index contributed by atoms with van der Waals surface area (Å²) >= 11 is 1.54. The van der Waals surface area contributed by atoms with E-state index in [0.717, 1.165) is 35.3 Å². The van der Waals surface area contributed by atoms with Crippen molar-refractivity contribution in [2.75, 3.05) is 24.9 Å². The van der Waals surface area contributed by atoms with E-state index in [1.807, 2.05) is 38.1 Å². The van der Waals surface area contributed by atoms with Gasteiger partial charge in [0.15, 0.2) is 17.2 Å². The fourth-order valence-corrected chi connectivity index (χ4v) is 5.15. The van der Waals surface area contributed by atoms with Gasteiger partial charge in [-0.1, -0.05) is 42.8 Å². The summed E-state index contributed by atoms with van der Waals surface area (Å²) in [4.78, 5) is 19.6. The van der Waals surface area contributed by atoms with Gasteiger partial charge >= 0.3 is 0 Å². The molecule has 0 radical (unpaired) electrons. The largest absolute Gasteiger partial charge is 0.493 e. The molecule has 2 heterocycles. The van der Waals surface area contributed by atoms with Crippen molar-refractivity contribution in [3.8, 4) is 28.6 Å². The van der Waals surface area contributed by atoms with E-state index in [-0.39, 0.29) is 5.91 Å². The molecule has 0 saturated carbocycles. The number of thioether (sulfide) groups is 1. The van der Waals surface area contributed by atoms with Crippen molar-refractivity contribution >= 4 is 23.4 Å². The van der Waals surface area contributed by atoms with E-state index in [1.54, 1.807) is 36.9 Å². The molecule has 0 fully saturated rings. The number of hydrogen-bond donors (Lipinski definition) is 0. The van der Waals surface area contributed by atoms with Crippen LogP contribution in [0.25, 0.3) is 11.3 Å². The SMILES string of the molecule is CCCCSc1nnc2c(n1)O[C@H](c1cccc(OC)c1OC)N(C(C)=O)c1c(C)cc(C)cc1-2. The molecular formula is C26H30N4O4S.